The number of hydrogen-bond donors (Lipinski definition) is 1. The third-order valence-electron chi connectivity index (χ3n) is 5.62. The van der Waals surface area contributed by atoms with Crippen LogP contribution in [0.1, 0.15) is 27.6 Å². The standard InChI is InChI=1S/C29H24N4O/c34-29(30-21-24-16-10-11-19-26(24)23-14-6-2-7-15-23)28-31-27(20-22-12-4-1-5-13-22)33(32-28)25-17-8-3-9-18-25/h1-19H,20-21H2,(H,30,34). The Labute approximate surface area is 198 Å². The number of carbonyl (C=O) groups is 1. The lowest BCUT2D eigenvalue weighted by atomic mass is 10.00. The fourth-order valence-corrected chi connectivity index (χ4v) is 3.94. The van der Waals surface area contributed by atoms with E-state index in [1.54, 1.807) is 4.68 Å². The fraction of sp³-hybridized carbons (Fsp3) is 0.0690. The largest absolute Gasteiger partial charge is 0.345 e. The summed E-state index contributed by atoms with van der Waals surface area (Å²) in [6.07, 6.45) is 0.576. The molecule has 34 heavy (non-hydrogen) atoms. The molecule has 0 atom stereocenters. The molecule has 0 fully saturated rings. The van der Waals surface area contributed by atoms with Gasteiger partial charge in [-0.3, -0.25) is 4.79 Å². The SMILES string of the molecule is O=C(NCc1ccccc1-c1ccccc1)c1nc(Cc2ccccc2)n(-c2ccccc2)n1. The molecule has 0 spiro atoms. The number of rotatable bonds is 7. The van der Waals surface area contributed by atoms with E-state index in [-0.39, 0.29) is 11.7 Å². The molecule has 1 N–H and O–H groups in total. The van der Waals surface area contributed by atoms with Crippen LogP contribution in [0.5, 0.6) is 0 Å². The van der Waals surface area contributed by atoms with Gasteiger partial charge in [0.2, 0.25) is 5.82 Å². The van der Waals surface area contributed by atoms with Crippen molar-refractivity contribution in [3.63, 3.8) is 0 Å². The molecule has 0 aliphatic rings. The van der Waals surface area contributed by atoms with Crippen LogP contribution in [-0.2, 0) is 13.0 Å². The lowest BCUT2D eigenvalue weighted by Crippen LogP contribution is -2.24. The van der Waals surface area contributed by atoms with E-state index in [0.717, 1.165) is 27.9 Å². The van der Waals surface area contributed by atoms with Crippen LogP contribution < -0.4 is 5.32 Å². The van der Waals surface area contributed by atoms with Crippen LogP contribution in [0.25, 0.3) is 16.8 Å². The van der Waals surface area contributed by atoms with E-state index in [0.29, 0.717) is 18.8 Å². The molecule has 1 heterocycles. The van der Waals surface area contributed by atoms with E-state index in [1.165, 1.54) is 0 Å². The van der Waals surface area contributed by atoms with Gasteiger partial charge in [0.1, 0.15) is 5.82 Å². The number of nitrogens with zero attached hydrogens (tertiary/aromatic N) is 3. The van der Waals surface area contributed by atoms with E-state index in [4.69, 9.17) is 0 Å². The molecule has 0 bridgehead atoms. The van der Waals surface area contributed by atoms with Crippen molar-refractivity contribution in [1.82, 2.24) is 20.1 Å². The van der Waals surface area contributed by atoms with Gasteiger partial charge in [-0.15, -0.1) is 5.10 Å². The van der Waals surface area contributed by atoms with Gasteiger partial charge in [0.05, 0.1) is 5.69 Å². The van der Waals surface area contributed by atoms with E-state index in [1.807, 2.05) is 97.1 Å². The maximum Gasteiger partial charge on any atom is 0.291 e. The predicted molar refractivity (Wildman–Crippen MR) is 134 cm³/mol. The zero-order chi connectivity index (χ0) is 23.2. The molecule has 0 saturated heterocycles. The molecule has 166 valence electrons. The Morgan fingerprint density at radius 2 is 1.35 bits per heavy atom. The van der Waals surface area contributed by atoms with Crippen molar-refractivity contribution in [3.05, 3.63) is 138 Å². The molecular weight excluding hydrogens is 420 g/mol. The van der Waals surface area contributed by atoms with Gasteiger partial charge in [0.15, 0.2) is 0 Å². The Kier molecular flexibility index (Phi) is 6.25. The number of nitrogens with one attached hydrogen (secondary N) is 1. The van der Waals surface area contributed by atoms with Crippen molar-refractivity contribution in [3.8, 4) is 16.8 Å². The molecular formula is C29H24N4O. The van der Waals surface area contributed by atoms with Crippen molar-refractivity contribution in [1.29, 1.82) is 0 Å². The molecule has 0 radical (unpaired) electrons. The molecule has 5 aromatic rings. The van der Waals surface area contributed by atoms with Gasteiger partial charge >= 0.3 is 0 Å². The number of amides is 1. The summed E-state index contributed by atoms with van der Waals surface area (Å²) in [5.74, 6) is 0.575. The van der Waals surface area contributed by atoms with Gasteiger partial charge in [0, 0.05) is 13.0 Å². The average Bonchev–Trinajstić information content (AvgIpc) is 3.33. The molecule has 1 amide bonds. The van der Waals surface area contributed by atoms with Crippen LogP contribution in [0.2, 0.25) is 0 Å². The molecule has 4 aromatic carbocycles. The second kappa shape index (κ2) is 9.96. The smallest absolute Gasteiger partial charge is 0.291 e. The highest BCUT2D eigenvalue weighted by Gasteiger charge is 2.18. The van der Waals surface area contributed by atoms with Crippen LogP contribution in [0.3, 0.4) is 0 Å². The second-order valence-electron chi connectivity index (χ2n) is 7.97. The Balaban J connectivity index is 1.40. The summed E-state index contributed by atoms with van der Waals surface area (Å²) in [6.45, 7) is 0.387. The Morgan fingerprint density at radius 3 is 2.09 bits per heavy atom. The summed E-state index contributed by atoms with van der Waals surface area (Å²) in [5.41, 5.74) is 5.22. The van der Waals surface area contributed by atoms with Crippen molar-refractivity contribution in [2.45, 2.75) is 13.0 Å². The average molecular weight is 445 g/mol. The van der Waals surface area contributed by atoms with Gasteiger partial charge in [-0.25, -0.2) is 9.67 Å². The zero-order valence-corrected chi connectivity index (χ0v) is 18.6. The first-order chi connectivity index (χ1) is 16.8. The van der Waals surface area contributed by atoms with Crippen molar-refractivity contribution < 1.29 is 4.79 Å². The zero-order valence-electron chi connectivity index (χ0n) is 18.6. The Hall–Kier alpha value is -4.51. The highest BCUT2D eigenvalue weighted by Crippen LogP contribution is 2.23. The lowest BCUT2D eigenvalue weighted by molar-refractivity contribution is 0.0940. The molecule has 5 rings (SSSR count). The van der Waals surface area contributed by atoms with Crippen LogP contribution in [0.4, 0.5) is 0 Å². The van der Waals surface area contributed by atoms with E-state index in [2.05, 4.69) is 33.6 Å². The Morgan fingerprint density at radius 1 is 0.735 bits per heavy atom. The first-order valence-electron chi connectivity index (χ1n) is 11.2. The minimum Gasteiger partial charge on any atom is -0.345 e. The predicted octanol–water partition coefficient (Wildman–Crippen LogP) is 5.46. The molecule has 0 saturated carbocycles. The van der Waals surface area contributed by atoms with Crippen LogP contribution >= 0.6 is 0 Å². The number of para-hydroxylation sites is 1. The maximum absolute atomic E-state index is 13.1. The highest BCUT2D eigenvalue weighted by atomic mass is 16.2. The topological polar surface area (TPSA) is 59.8 Å². The van der Waals surface area contributed by atoms with Crippen LogP contribution in [0, 0.1) is 0 Å². The van der Waals surface area contributed by atoms with E-state index < -0.39 is 0 Å². The first-order valence-corrected chi connectivity index (χ1v) is 11.2. The van der Waals surface area contributed by atoms with E-state index in [9.17, 15) is 4.79 Å². The highest BCUT2D eigenvalue weighted by molar-refractivity contribution is 5.90. The summed E-state index contributed by atoms with van der Waals surface area (Å²) in [4.78, 5) is 17.7. The summed E-state index contributed by atoms with van der Waals surface area (Å²) >= 11 is 0. The minimum atomic E-state index is -0.299. The van der Waals surface area contributed by atoms with Crippen LogP contribution in [-0.4, -0.2) is 20.7 Å². The molecule has 5 heteroatoms. The van der Waals surface area contributed by atoms with Crippen molar-refractivity contribution in [2.75, 3.05) is 0 Å². The third-order valence-corrected chi connectivity index (χ3v) is 5.62. The van der Waals surface area contributed by atoms with Gasteiger partial charge < -0.3 is 5.32 Å². The molecule has 1 aromatic heterocycles. The number of aromatic nitrogens is 3. The first kappa shape index (κ1) is 21.3. The third kappa shape index (κ3) is 4.79. The summed E-state index contributed by atoms with van der Waals surface area (Å²) < 4.78 is 1.75. The normalized spacial score (nSPS) is 10.7. The fourth-order valence-electron chi connectivity index (χ4n) is 3.94. The van der Waals surface area contributed by atoms with Gasteiger partial charge in [-0.05, 0) is 34.4 Å². The number of hydrogen-bond acceptors (Lipinski definition) is 3. The number of benzene rings is 4. The van der Waals surface area contributed by atoms with Crippen molar-refractivity contribution >= 4 is 5.91 Å². The maximum atomic E-state index is 13.1. The Bertz CT molecular complexity index is 1380. The van der Waals surface area contributed by atoms with Crippen molar-refractivity contribution in [2.24, 2.45) is 0 Å². The summed E-state index contributed by atoms with van der Waals surface area (Å²) in [6, 6.07) is 38.1. The minimum absolute atomic E-state index is 0.159. The summed E-state index contributed by atoms with van der Waals surface area (Å²) in [5, 5.41) is 7.57. The number of carbonyl (C=O) groups excluding carboxylic acids is 1. The van der Waals surface area contributed by atoms with Gasteiger partial charge in [-0.1, -0.05) is 103 Å². The molecule has 0 aliphatic carbocycles. The second-order valence-corrected chi connectivity index (χ2v) is 7.97. The quantitative estimate of drug-likeness (QED) is 0.363. The van der Waals surface area contributed by atoms with E-state index >= 15 is 0 Å². The molecule has 0 unspecified atom stereocenters. The summed E-state index contributed by atoms with van der Waals surface area (Å²) in [7, 11) is 0. The lowest BCUT2D eigenvalue weighted by Gasteiger charge is -2.10. The van der Waals surface area contributed by atoms with Gasteiger partial charge in [-0.2, -0.15) is 0 Å². The molecule has 0 aliphatic heterocycles. The van der Waals surface area contributed by atoms with Gasteiger partial charge in [0.25, 0.3) is 5.91 Å². The monoisotopic (exact) mass is 444 g/mol. The van der Waals surface area contributed by atoms with Crippen LogP contribution in [0.15, 0.2) is 115 Å². The molecule has 5 nitrogen and oxygen atoms in total.